The minimum absolute atomic E-state index is 0.0567. The van der Waals surface area contributed by atoms with Crippen LogP contribution >= 0.6 is 0 Å². The average Bonchev–Trinajstić information content (AvgIpc) is 2.84. The summed E-state index contributed by atoms with van der Waals surface area (Å²) in [5.41, 5.74) is -0.341. The van der Waals surface area contributed by atoms with Crippen molar-refractivity contribution in [1.29, 1.82) is 0 Å². The molecule has 3 saturated carbocycles. The van der Waals surface area contributed by atoms with Crippen LogP contribution in [0.1, 0.15) is 58.8 Å². The number of carboxylic acids is 1. The molecular formula is C19H29NO4. The van der Waals surface area contributed by atoms with Gasteiger partial charge in [-0.2, -0.15) is 0 Å². The zero-order chi connectivity index (χ0) is 17.3. The number of fused-ring (bicyclic) bond motifs is 5. The van der Waals surface area contributed by atoms with Crippen molar-refractivity contribution in [2.24, 2.45) is 34.5 Å². The second-order valence-electron chi connectivity index (χ2n) is 9.24. The van der Waals surface area contributed by atoms with E-state index in [1.54, 1.807) is 0 Å². The second kappa shape index (κ2) is 5.20. The van der Waals surface area contributed by atoms with Crippen LogP contribution in [-0.2, 0) is 9.59 Å². The Morgan fingerprint density at radius 2 is 1.92 bits per heavy atom. The zero-order valence-corrected chi connectivity index (χ0v) is 14.6. The van der Waals surface area contributed by atoms with Crippen LogP contribution in [0.15, 0.2) is 0 Å². The molecule has 3 aliphatic carbocycles. The maximum atomic E-state index is 11.8. The molecule has 0 aromatic carbocycles. The van der Waals surface area contributed by atoms with Crippen molar-refractivity contribution in [2.45, 2.75) is 70.9 Å². The summed E-state index contributed by atoms with van der Waals surface area (Å²) >= 11 is 0. The highest BCUT2D eigenvalue weighted by atomic mass is 16.4. The standard InChI is InChI=1S/C19H29NO4/c1-18-8-7-15(22)20-14(18)6-3-10-11-4-5-12(17(23)24)19(11,2)9-13(21)16(10)18/h10-14,16,21H,3-9H2,1-2H3,(H,20,22)(H,23,24)/t10-,11-,12+,13+,14+,16+,18-,19-/m0/s1. The molecule has 1 amide bonds. The maximum Gasteiger partial charge on any atom is 0.307 e. The Morgan fingerprint density at radius 3 is 2.62 bits per heavy atom. The normalized spacial score (nSPS) is 53.5. The third-order valence-electron chi connectivity index (χ3n) is 8.32. The topological polar surface area (TPSA) is 86.6 Å². The quantitative estimate of drug-likeness (QED) is 0.685. The molecule has 8 atom stereocenters. The monoisotopic (exact) mass is 335 g/mol. The van der Waals surface area contributed by atoms with Crippen LogP contribution in [0.3, 0.4) is 0 Å². The van der Waals surface area contributed by atoms with E-state index in [-0.39, 0.29) is 34.6 Å². The van der Waals surface area contributed by atoms with Crippen LogP contribution in [-0.4, -0.2) is 34.2 Å². The largest absolute Gasteiger partial charge is 0.481 e. The van der Waals surface area contributed by atoms with Gasteiger partial charge in [-0.3, -0.25) is 9.59 Å². The van der Waals surface area contributed by atoms with Crippen molar-refractivity contribution < 1.29 is 19.8 Å². The Hall–Kier alpha value is -1.10. The van der Waals surface area contributed by atoms with E-state index in [9.17, 15) is 19.8 Å². The van der Waals surface area contributed by atoms with E-state index in [4.69, 9.17) is 0 Å². The van der Waals surface area contributed by atoms with E-state index in [0.717, 1.165) is 32.1 Å². The Kier molecular flexibility index (Phi) is 3.55. The van der Waals surface area contributed by atoms with Gasteiger partial charge in [-0.25, -0.2) is 0 Å². The van der Waals surface area contributed by atoms with Gasteiger partial charge in [0, 0.05) is 12.5 Å². The molecule has 1 saturated heterocycles. The van der Waals surface area contributed by atoms with Crippen LogP contribution < -0.4 is 5.32 Å². The lowest BCUT2D eigenvalue weighted by atomic mass is 9.46. The van der Waals surface area contributed by atoms with Crippen molar-refractivity contribution in [2.75, 3.05) is 0 Å². The van der Waals surface area contributed by atoms with Crippen molar-refractivity contribution in [3.05, 3.63) is 0 Å². The summed E-state index contributed by atoms with van der Waals surface area (Å²) in [5.74, 6) is 0.0762. The van der Waals surface area contributed by atoms with Gasteiger partial charge < -0.3 is 15.5 Å². The lowest BCUT2D eigenvalue weighted by molar-refractivity contribution is -0.172. The number of piperidine rings is 1. The number of carboxylic acid groups (broad SMARTS) is 1. The van der Waals surface area contributed by atoms with E-state index < -0.39 is 12.1 Å². The molecule has 4 aliphatic rings. The van der Waals surface area contributed by atoms with Crippen LogP contribution in [0.2, 0.25) is 0 Å². The lowest BCUT2D eigenvalue weighted by Gasteiger charge is -2.61. The van der Waals surface area contributed by atoms with Crippen LogP contribution in [0, 0.1) is 34.5 Å². The molecule has 4 fully saturated rings. The molecule has 0 aromatic heterocycles. The number of amides is 1. The molecule has 0 aromatic rings. The first-order valence-corrected chi connectivity index (χ1v) is 9.47. The van der Waals surface area contributed by atoms with Crippen LogP contribution in [0.25, 0.3) is 0 Å². The molecule has 5 nitrogen and oxygen atoms in total. The zero-order valence-electron chi connectivity index (χ0n) is 14.6. The number of aliphatic hydroxyl groups is 1. The molecule has 4 rings (SSSR count). The summed E-state index contributed by atoms with van der Waals surface area (Å²) < 4.78 is 0. The molecule has 0 radical (unpaired) electrons. The number of carbonyl (C=O) groups excluding carboxylic acids is 1. The van der Waals surface area contributed by atoms with E-state index in [1.807, 2.05) is 0 Å². The summed E-state index contributed by atoms with van der Waals surface area (Å²) in [6, 6.07) is 0.163. The van der Waals surface area contributed by atoms with Gasteiger partial charge >= 0.3 is 5.97 Å². The first-order chi connectivity index (χ1) is 11.3. The maximum absolute atomic E-state index is 11.8. The number of nitrogens with one attached hydrogen (secondary N) is 1. The van der Waals surface area contributed by atoms with Gasteiger partial charge in [0.1, 0.15) is 0 Å². The van der Waals surface area contributed by atoms with Crippen LogP contribution in [0.4, 0.5) is 0 Å². The third-order valence-corrected chi connectivity index (χ3v) is 8.32. The number of aliphatic carboxylic acids is 1. The predicted molar refractivity (Wildman–Crippen MR) is 88.1 cm³/mol. The second-order valence-corrected chi connectivity index (χ2v) is 9.24. The highest BCUT2D eigenvalue weighted by Gasteiger charge is 2.64. The Balaban J connectivity index is 1.68. The number of hydrogen-bond acceptors (Lipinski definition) is 3. The Labute approximate surface area is 143 Å². The molecule has 1 aliphatic heterocycles. The van der Waals surface area contributed by atoms with Crippen LogP contribution in [0.5, 0.6) is 0 Å². The first-order valence-electron chi connectivity index (χ1n) is 9.47. The van der Waals surface area contributed by atoms with Gasteiger partial charge in [0.25, 0.3) is 0 Å². The molecule has 5 heteroatoms. The minimum Gasteiger partial charge on any atom is -0.481 e. The molecule has 0 bridgehead atoms. The van der Waals surface area contributed by atoms with Gasteiger partial charge in [-0.15, -0.1) is 0 Å². The molecule has 0 spiro atoms. The Bertz CT molecular complexity index is 578. The number of aliphatic hydroxyl groups excluding tert-OH is 1. The van der Waals surface area contributed by atoms with Crippen molar-refractivity contribution >= 4 is 11.9 Å². The van der Waals surface area contributed by atoms with Crippen molar-refractivity contribution in [1.82, 2.24) is 5.32 Å². The van der Waals surface area contributed by atoms with Gasteiger partial charge in [0.05, 0.1) is 12.0 Å². The van der Waals surface area contributed by atoms with Gasteiger partial charge in [0.15, 0.2) is 0 Å². The summed E-state index contributed by atoms with van der Waals surface area (Å²) in [6.45, 7) is 4.34. The summed E-state index contributed by atoms with van der Waals surface area (Å²) in [5, 5.41) is 23.9. The van der Waals surface area contributed by atoms with Gasteiger partial charge in [-0.1, -0.05) is 13.8 Å². The van der Waals surface area contributed by atoms with Gasteiger partial charge in [-0.05, 0) is 67.1 Å². The highest BCUT2D eigenvalue weighted by molar-refractivity contribution is 5.77. The summed E-state index contributed by atoms with van der Waals surface area (Å²) in [7, 11) is 0. The summed E-state index contributed by atoms with van der Waals surface area (Å²) in [4.78, 5) is 23.5. The van der Waals surface area contributed by atoms with Gasteiger partial charge in [0.2, 0.25) is 5.91 Å². The SMILES string of the molecule is C[C@]12CCC(=O)N[C@@H]1CC[C@@H]1[C@@H]2[C@H](O)C[C@]2(C)[C@@H](C(=O)O)CC[C@@H]12. The predicted octanol–water partition coefficient (Wildman–Crippen LogP) is 2.18. The highest BCUT2D eigenvalue weighted by Crippen LogP contribution is 2.65. The fourth-order valence-electron chi connectivity index (χ4n) is 7.24. The number of hydrogen-bond donors (Lipinski definition) is 3. The third kappa shape index (κ3) is 2.03. The van der Waals surface area contributed by atoms with Crippen molar-refractivity contribution in [3.63, 3.8) is 0 Å². The van der Waals surface area contributed by atoms with E-state index in [2.05, 4.69) is 19.2 Å². The molecule has 1 heterocycles. The van der Waals surface area contributed by atoms with E-state index >= 15 is 0 Å². The minimum atomic E-state index is -0.699. The smallest absolute Gasteiger partial charge is 0.307 e. The average molecular weight is 335 g/mol. The lowest BCUT2D eigenvalue weighted by Crippen LogP contribution is -2.64. The van der Waals surface area contributed by atoms with E-state index in [1.165, 1.54) is 0 Å². The fourth-order valence-corrected chi connectivity index (χ4v) is 7.24. The van der Waals surface area contributed by atoms with E-state index in [0.29, 0.717) is 24.7 Å². The number of carbonyl (C=O) groups is 2. The number of rotatable bonds is 1. The molecule has 24 heavy (non-hydrogen) atoms. The Morgan fingerprint density at radius 1 is 1.17 bits per heavy atom. The van der Waals surface area contributed by atoms with Crippen molar-refractivity contribution in [3.8, 4) is 0 Å². The molecule has 0 unspecified atom stereocenters. The molecular weight excluding hydrogens is 306 g/mol. The fraction of sp³-hybridized carbons (Fsp3) is 0.895. The first kappa shape index (κ1) is 16.4. The summed E-state index contributed by atoms with van der Waals surface area (Å²) in [6.07, 6.45) is 5.17. The molecule has 3 N–H and O–H groups in total. The molecule has 134 valence electrons.